The summed E-state index contributed by atoms with van der Waals surface area (Å²) in [5.74, 6) is 0.672. The maximum absolute atomic E-state index is 5.53. The van der Waals surface area contributed by atoms with E-state index in [4.69, 9.17) is 9.97 Å². The monoisotopic (exact) mass is 634 g/mol. The van der Waals surface area contributed by atoms with Crippen LogP contribution < -0.4 is 0 Å². The normalized spacial score (nSPS) is 12.4. The van der Waals surface area contributed by atoms with Crippen molar-refractivity contribution < 1.29 is 0 Å². The molecule has 0 spiro atoms. The largest absolute Gasteiger partial charge is 0.308 e. The van der Waals surface area contributed by atoms with E-state index in [2.05, 4.69) is 167 Å². The van der Waals surface area contributed by atoms with Crippen LogP contribution in [0.3, 0.4) is 0 Å². The minimum Gasteiger partial charge on any atom is -0.308 e. The Balaban J connectivity index is 1.37. The molecular weight excluding hydrogens is 609 g/mol. The van der Waals surface area contributed by atoms with Crippen molar-refractivity contribution in [2.24, 2.45) is 0 Å². The van der Waals surface area contributed by atoms with Crippen LogP contribution in [0.1, 0.15) is 0 Å². The molecule has 50 heavy (non-hydrogen) atoms. The van der Waals surface area contributed by atoms with E-state index in [1.165, 1.54) is 59.6 Å². The second kappa shape index (κ2) is 9.43. The molecule has 0 aliphatic heterocycles. The van der Waals surface area contributed by atoms with Crippen LogP contribution in [0.5, 0.6) is 0 Å². The van der Waals surface area contributed by atoms with Gasteiger partial charge in [0, 0.05) is 48.7 Å². The molecule has 4 nitrogen and oxygen atoms in total. The highest BCUT2D eigenvalue weighted by Gasteiger charge is 2.26. The predicted octanol–water partition coefficient (Wildman–Crippen LogP) is 11.9. The van der Waals surface area contributed by atoms with Gasteiger partial charge >= 0.3 is 0 Å². The zero-order chi connectivity index (χ0) is 32.5. The van der Waals surface area contributed by atoms with Crippen LogP contribution in [0, 0.1) is 0 Å². The first-order chi connectivity index (χ1) is 24.8. The first-order valence-corrected chi connectivity index (χ1v) is 17.1. The topological polar surface area (TPSA) is 35.1 Å². The lowest BCUT2D eigenvalue weighted by atomic mass is 10.0. The lowest BCUT2D eigenvalue weighted by molar-refractivity contribution is 1.02. The molecule has 0 aliphatic carbocycles. The van der Waals surface area contributed by atoms with E-state index in [9.17, 15) is 0 Å². The fraction of sp³-hybridized carbons (Fsp3) is 0. The fourth-order valence-corrected chi connectivity index (χ4v) is 8.75. The van der Waals surface area contributed by atoms with E-state index >= 15 is 0 Å². The molecule has 0 fully saturated rings. The van der Waals surface area contributed by atoms with Crippen LogP contribution in [0.15, 0.2) is 158 Å². The first-order valence-electron chi connectivity index (χ1n) is 17.1. The highest BCUT2D eigenvalue weighted by molar-refractivity contribution is 6.36. The third-order valence-corrected chi connectivity index (χ3v) is 10.8. The van der Waals surface area contributed by atoms with E-state index in [0.717, 1.165) is 44.0 Å². The van der Waals surface area contributed by atoms with Crippen molar-refractivity contribution in [3.8, 4) is 17.2 Å². The molecule has 8 aromatic carbocycles. The number of rotatable bonds is 2. The smallest absolute Gasteiger partial charge is 0.235 e. The Kier molecular flexibility index (Phi) is 4.94. The Labute approximate surface area is 285 Å². The second-order valence-corrected chi connectivity index (χ2v) is 13.4. The van der Waals surface area contributed by atoms with Gasteiger partial charge in [-0.1, -0.05) is 127 Å². The molecule has 12 rings (SSSR count). The number of para-hydroxylation sites is 2. The lowest BCUT2D eigenvalue weighted by Crippen LogP contribution is -2.04. The van der Waals surface area contributed by atoms with Gasteiger partial charge in [0.2, 0.25) is 5.95 Å². The maximum Gasteiger partial charge on any atom is 0.235 e. The van der Waals surface area contributed by atoms with E-state index < -0.39 is 0 Å². The van der Waals surface area contributed by atoms with Crippen LogP contribution in [0.4, 0.5) is 0 Å². The highest BCUT2D eigenvalue weighted by atomic mass is 15.2. The van der Waals surface area contributed by atoms with Crippen molar-refractivity contribution >= 4 is 92.3 Å². The van der Waals surface area contributed by atoms with Crippen LogP contribution >= 0.6 is 0 Å². The summed E-state index contributed by atoms with van der Waals surface area (Å²) in [6, 6.07) is 56.8. The molecule has 12 aromatic rings. The standard InChI is InChI=1S/C46H26N4/c1-2-14-29(15-3-1)42-34-24-22-28-13-5-7-17-31(28)43(34)48-46(47-42)50-39-25-23-27-12-4-6-16-30(27)40(39)36-26-35-32-18-8-10-20-37(32)49-38-21-11-9-19-33(38)41(44(35)49)45(36)50/h1-26H. The zero-order valence-electron chi connectivity index (χ0n) is 26.8. The summed E-state index contributed by atoms with van der Waals surface area (Å²) in [6.45, 7) is 0. The molecule has 0 saturated heterocycles. The molecule has 4 heterocycles. The molecule has 230 valence electrons. The Hall–Kier alpha value is -6.78. The van der Waals surface area contributed by atoms with Gasteiger partial charge in [0.1, 0.15) is 0 Å². The number of aromatic nitrogens is 4. The Bertz CT molecular complexity index is 3370. The molecule has 4 aromatic heterocycles. The van der Waals surface area contributed by atoms with Crippen molar-refractivity contribution in [2.75, 3.05) is 0 Å². The van der Waals surface area contributed by atoms with Gasteiger partial charge in [-0.25, -0.2) is 9.97 Å². The Morgan fingerprint density at radius 1 is 0.380 bits per heavy atom. The van der Waals surface area contributed by atoms with Crippen molar-refractivity contribution in [2.45, 2.75) is 0 Å². The van der Waals surface area contributed by atoms with Gasteiger partial charge in [-0.15, -0.1) is 0 Å². The van der Waals surface area contributed by atoms with Crippen molar-refractivity contribution in [1.82, 2.24) is 18.9 Å². The number of fused-ring (bicyclic) bond motifs is 15. The number of benzene rings is 8. The highest BCUT2D eigenvalue weighted by Crippen LogP contribution is 2.47. The summed E-state index contributed by atoms with van der Waals surface area (Å²) >= 11 is 0. The predicted molar refractivity (Wildman–Crippen MR) is 209 cm³/mol. The lowest BCUT2D eigenvalue weighted by Gasteiger charge is -2.14. The van der Waals surface area contributed by atoms with Crippen LogP contribution in [0.25, 0.3) is 110 Å². The summed E-state index contributed by atoms with van der Waals surface area (Å²) in [7, 11) is 0. The molecule has 0 unspecified atom stereocenters. The molecule has 0 amide bonds. The van der Waals surface area contributed by atoms with Crippen LogP contribution in [0.2, 0.25) is 0 Å². The average Bonchev–Trinajstić information content (AvgIpc) is 3.82. The summed E-state index contributed by atoms with van der Waals surface area (Å²) in [6.07, 6.45) is 0. The van der Waals surface area contributed by atoms with Gasteiger partial charge < -0.3 is 4.40 Å². The van der Waals surface area contributed by atoms with Gasteiger partial charge in [0.15, 0.2) is 0 Å². The quantitative estimate of drug-likeness (QED) is 0.177. The van der Waals surface area contributed by atoms with Crippen molar-refractivity contribution in [3.05, 3.63) is 158 Å². The Morgan fingerprint density at radius 3 is 1.84 bits per heavy atom. The summed E-state index contributed by atoms with van der Waals surface area (Å²) < 4.78 is 4.81. The maximum atomic E-state index is 5.53. The molecule has 4 heteroatoms. The van der Waals surface area contributed by atoms with Gasteiger partial charge in [-0.05, 0) is 46.5 Å². The summed E-state index contributed by atoms with van der Waals surface area (Å²) in [5, 5.41) is 13.2. The van der Waals surface area contributed by atoms with E-state index in [0.29, 0.717) is 5.95 Å². The van der Waals surface area contributed by atoms with Crippen LogP contribution in [-0.2, 0) is 0 Å². The van der Waals surface area contributed by atoms with Crippen LogP contribution in [-0.4, -0.2) is 18.9 Å². The Morgan fingerprint density at radius 2 is 1.02 bits per heavy atom. The minimum atomic E-state index is 0.672. The first kappa shape index (κ1) is 26.2. The fourth-order valence-electron chi connectivity index (χ4n) is 8.75. The molecule has 0 atom stereocenters. The van der Waals surface area contributed by atoms with E-state index in [1.54, 1.807) is 0 Å². The molecule has 0 radical (unpaired) electrons. The number of hydrogen-bond donors (Lipinski definition) is 0. The van der Waals surface area contributed by atoms with Crippen molar-refractivity contribution in [1.29, 1.82) is 0 Å². The SMILES string of the molecule is c1ccc(-c2nc(-n3c4ccc5ccccc5c4c4cc5c6ccccc6n6c7ccccc7c(c43)c56)nc3c2ccc2ccccc23)cc1. The molecule has 0 aliphatic rings. The average molecular weight is 635 g/mol. The third kappa shape index (κ3) is 3.25. The number of nitrogens with zero attached hydrogens (tertiary/aromatic N) is 4. The molecular formula is C46H26N4. The van der Waals surface area contributed by atoms with Crippen molar-refractivity contribution in [3.63, 3.8) is 0 Å². The molecule has 0 N–H and O–H groups in total. The zero-order valence-corrected chi connectivity index (χ0v) is 26.8. The van der Waals surface area contributed by atoms with Gasteiger partial charge in [-0.3, -0.25) is 4.57 Å². The molecule has 0 saturated carbocycles. The summed E-state index contributed by atoms with van der Waals surface area (Å²) in [4.78, 5) is 11.0. The molecule has 0 bridgehead atoms. The summed E-state index contributed by atoms with van der Waals surface area (Å²) in [5.41, 5.74) is 8.86. The minimum absolute atomic E-state index is 0.672. The van der Waals surface area contributed by atoms with Gasteiger partial charge in [-0.2, -0.15) is 0 Å². The second-order valence-electron chi connectivity index (χ2n) is 13.4. The number of hydrogen-bond acceptors (Lipinski definition) is 2. The van der Waals surface area contributed by atoms with Gasteiger partial charge in [0.25, 0.3) is 0 Å². The third-order valence-electron chi connectivity index (χ3n) is 10.8. The van der Waals surface area contributed by atoms with E-state index in [1.807, 2.05) is 0 Å². The van der Waals surface area contributed by atoms with E-state index in [-0.39, 0.29) is 0 Å². The van der Waals surface area contributed by atoms with Gasteiger partial charge in [0.05, 0.1) is 38.8 Å².